The second-order valence-corrected chi connectivity index (χ2v) is 4.94. The Hall–Kier alpha value is -1.10. The zero-order chi connectivity index (χ0) is 12.2. The molecule has 3 N–H and O–H groups in total. The van der Waals surface area contributed by atoms with Crippen LogP contribution in [0.2, 0.25) is 0 Å². The highest BCUT2D eigenvalue weighted by Gasteiger charge is 2.42. The molecule has 0 unspecified atom stereocenters. The van der Waals surface area contributed by atoms with E-state index in [0.717, 1.165) is 12.8 Å². The fourth-order valence-corrected chi connectivity index (χ4v) is 1.29. The van der Waals surface area contributed by atoms with E-state index in [2.05, 4.69) is 10.6 Å². The Labute approximate surface area is 95.6 Å². The standard InChI is InChI=1S/C11H20N2O3/c1-8(2)5-12-9(15)10(16)13-6-11(7-14)3-4-11/h8,14H,3-7H2,1-2H3,(H,12,15)(H,13,16). The van der Waals surface area contributed by atoms with Gasteiger partial charge in [-0.25, -0.2) is 0 Å². The molecule has 0 heterocycles. The first-order chi connectivity index (χ1) is 7.49. The van der Waals surface area contributed by atoms with Crippen molar-refractivity contribution in [2.45, 2.75) is 26.7 Å². The highest BCUT2D eigenvalue weighted by atomic mass is 16.3. The van der Waals surface area contributed by atoms with Gasteiger partial charge in [0.05, 0.1) is 6.61 Å². The van der Waals surface area contributed by atoms with E-state index in [-0.39, 0.29) is 12.0 Å². The van der Waals surface area contributed by atoms with Gasteiger partial charge in [-0.05, 0) is 18.8 Å². The molecule has 0 radical (unpaired) electrons. The highest BCUT2D eigenvalue weighted by Crippen LogP contribution is 2.44. The van der Waals surface area contributed by atoms with Gasteiger partial charge < -0.3 is 15.7 Å². The largest absolute Gasteiger partial charge is 0.396 e. The Morgan fingerprint density at radius 1 is 1.25 bits per heavy atom. The second kappa shape index (κ2) is 5.30. The van der Waals surface area contributed by atoms with Crippen molar-refractivity contribution in [1.82, 2.24) is 10.6 Å². The van der Waals surface area contributed by atoms with Crippen LogP contribution in [0.1, 0.15) is 26.7 Å². The number of aliphatic hydroxyl groups excluding tert-OH is 1. The molecule has 92 valence electrons. The van der Waals surface area contributed by atoms with Gasteiger partial charge in [-0.2, -0.15) is 0 Å². The number of hydrogen-bond donors (Lipinski definition) is 3. The Morgan fingerprint density at radius 3 is 2.25 bits per heavy atom. The number of carbonyl (C=O) groups is 2. The highest BCUT2D eigenvalue weighted by molar-refractivity contribution is 6.35. The van der Waals surface area contributed by atoms with Crippen LogP contribution in [0, 0.1) is 11.3 Å². The summed E-state index contributed by atoms with van der Waals surface area (Å²) in [6.07, 6.45) is 1.83. The van der Waals surface area contributed by atoms with Crippen LogP contribution in [0.5, 0.6) is 0 Å². The molecule has 0 aromatic heterocycles. The van der Waals surface area contributed by atoms with Crippen LogP contribution in [0.15, 0.2) is 0 Å². The molecular formula is C11H20N2O3. The van der Waals surface area contributed by atoms with Crippen LogP contribution in [0.25, 0.3) is 0 Å². The predicted molar refractivity (Wildman–Crippen MR) is 59.6 cm³/mol. The fourth-order valence-electron chi connectivity index (χ4n) is 1.29. The van der Waals surface area contributed by atoms with Gasteiger partial charge in [0.15, 0.2) is 0 Å². The third-order valence-corrected chi connectivity index (χ3v) is 2.79. The molecule has 1 aliphatic carbocycles. The molecule has 0 spiro atoms. The maximum Gasteiger partial charge on any atom is 0.309 e. The van der Waals surface area contributed by atoms with E-state index in [4.69, 9.17) is 5.11 Å². The molecule has 1 saturated carbocycles. The molecule has 2 amide bonds. The number of rotatable bonds is 5. The van der Waals surface area contributed by atoms with Crippen molar-refractivity contribution in [3.63, 3.8) is 0 Å². The van der Waals surface area contributed by atoms with E-state index < -0.39 is 11.8 Å². The summed E-state index contributed by atoms with van der Waals surface area (Å²) >= 11 is 0. The van der Waals surface area contributed by atoms with E-state index in [1.54, 1.807) is 0 Å². The SMILES string of the molecule is CC(C)CNC(=O)C(=O)NCC1(CO)CC1. The normalized spacial score (nSPS) is 17.0. The summed E-state index contributed by atoms with van der Waals surface area (Å²) in [7, 11) is 0. The molecule has 5 nitrogen and oxygen atoms in total. The minimum atomic E-state index is -0.611. The first-order valence-electron chi connectivity index (χ1n) is 5.66. The first-order valence-corrected chi connectivity index (χ1v) is 5.66. The third-order valence-electron chi connectivity index (χ3n) is 2.79. The lowest BCUT2D eigenvalue weighted by Gasteiger charge is -2.12. The van der Waals surface area contributed by atoms with E-state index in [1.807, 2.05) is 13.8 Å². The summed E-state index contributed by atoms with van der Waals surface area (Å²) in [5.41, 5.74) is -0.159. The lowest BCUT2D eigenvalue weighted by atomic mass is 10.1. The van der Waals surface area contributed by atoms with Crippen LogP contribution >= 0.6 is 0 Å². The van der Waals surface area contributed by atoms with Gasteiger partial charge in [-0.15, -0.1) is 0 Å². The number of aliphatic hydroxyl groups is 1. The average molecular weight is 228 g/mol. The van der Waals surface area contributed by atoms with Crippen LogP contribution in [0.4, 0.5) is 0 Å². The minimum absolute atomic E-state index is 0.0703. The monoisotopic (exact) mass is 228 g/mol. The number of hydrogen-bond acceptors (Lipinski definition) is 3. The maximum atomic E-state index is 11.3. The van der Waals surface area contributed by atoms with Crippen LogP contribution in [-0.2, 0) is 9.59 Å². The van der Waals surface area contributed by atoms with Crippen molar-refractivity contribution in [3.05, 3.63) is 0 Å². The molecule has 0 bridgehead atoms. The van der Waals surface area contributed by atoms with Gasteiger partial charge in [-0.1, -0.05) is 13.8 Å². The third kappa shape index (κ3) is 3.81. The Balaban J connectivity index is 2.21. The van der Waals surface area contributed by atoms with Crippen molar-refractivity contribution in [3.8, 4) is 0 Å². The molecule has 5 heteroatoms. The van der Waals surface area contributed by atoms with Gasteiger partial charge in [0.2, 0.25) is 0 Å². The molecule has 0 saturated heterocycles. The summed E-state index contributed by atoms with van der Waals surface area (Å²) in [5.74, 6) is -0.883. The Bertz CT molecular complexity index is 272. The molecule has 0 aliphatic heterocycles. The van der Waals surface area contributed by atoms with Crippen molar-refractivity contribution in [1.29, 1.82) is 0 Å². The Morgan fingerprint density at radius 2 is 1.81 bits per heavy atom. The van der Waals surface area contributed by atoms with Gasteiger partial charge in [0, 0.05) is 18.5 Å². The van der Waals surface area contributed by atoms with Crippen LogP contribution in [-0.4, -0.2) is 36.6 Å². The number of amides is 2. The quantitative estimate of drug-likeness (QED) is 0.563. The smallest absolute Gasteiger partial charge is 0.309 e. The topological polar surface area (TPSA) is 78.4 Å². The van der Waals surface area contributed by atoms with Gasteiger partial charge in [-0.3, -0.25) is 9.59 Å². The predicted octanol–water partition coefficient (Wildman–Crippen LogP) is -0.353. The van der Waals surface area contributed by atoms with E-state index in [9.17, 15) is 9.59 Å². The molecule has 0 aromatic carbocycles. The molecule has 16 heavy (non-hydrogen) atoms. The zero-order valence-corrected chi connectivity index (χ0v) is 9.88. The lowest BCUT2D eigenvalue weighted by Crippen LogP contribution is -2.43. The van der Waals surface area contributed by atoms with E-state index >= 15 is 0 Å². The Kier molecular flexibility index (Phi) is 4.29. The first kappa shape index (κ1) is 13.0. The molecule has 1 fully saturated rings. The van der Waals surface area contributed by atoms with Crippen molar-refractivity contribution >= 4 is 11.8 Å². The molecular weight excluding hydrogens is 208 g/mol. The molecule has 1 rings (SSSR count). The van der Waals surface area contributed by atoms with E-state index in [1.165, 1.54) is 0 Å². The van der Waals surface area contributed by atoms with Gasteiger partial charge in [0.1, 0.15) is 0 Å². The maximum absolute atomic E-state index is 11.3. The fraction of sp³-hybridized carbons (Fsp3) is 0.818. The summed E-state index contributed by atoms with van der Waals surface area (Å²) < 4.78 is 0. The number of carbonyl (C=O) groups excluding carboxylic acids is 2. The van der Waals surface area contributed by atoms with Crippen molar-refractivity contribution < 1.29 is 14.7 Å². The van der Waals surface area contributed by atoms with Gasteiger partial charge >= 0.3 is 11.8 Å². The minimum Gasteiger partial charge on any atom is -0.396 e. The zero-order valence-electron chi connectivity index (χ0n) is 9.88. The molecule has 0 atom stereocenters. The summed E-state index contributed by atoms with van der Waals surface area (Å²) in [6, 6.07) is 0. The summed E-state index contributed by atoms with van der Waals surface area (Å²) in [4.78, 5) is 22.6. The van der Waals surface area contributed by atoms with Crippen LogP contribution < -0.4 is 10.6 Å². The second-order valence-electron chi connectivity index (χ2n) is 4.94. The average Bonchev–Trinajstić information content (AvgIpc) is 3.03. The summed E-state index contributed by atoms with van der Waals surface area (Å²) in [5, 5.41) is 14.1. The van der Waals surface area contributed by atoms with Crippen molar-refractivity contribution in [2.75, 3.05) is 19.7 Å². The van der Waals surface area contributed by atoms with Crippen LogP contribution in [0.3, 0.4) is 0 Å². The number of nitrogens with one attached hydrogen (secondary N) is 2. The van der Waals surface area contributed by atoms with Gasteiger partial charge in [0.25, 0.3) is 0 Å². The molecule has 0 aromatic rings. The lowest BCUT2D eigenvalue weighted by molar-refractivity contribution is -0.139. The molecule has 1 aliphatic rings. The van der Waals surface area contributed by atoms with Crippen molar-refractivity contribution in [2.24, 2.45) is 11.3 Å². The summed E-state index contributed by atoms with van der Waals surface area (Å²) in [6.45, 7) is 4.88. The van der Waals surface area contributed by atoms with E-state index in [0.29, 0.717) is 19.0 Å².